The molecular formula is C11H15NO5S. The van der Waals surface area contributed by atoms with E-state index >= 15 is 0 Å². The molecule has 0 bridgehead atoms. The lowest BCUT2D eigenvalue weighted by molar-refractivity contribution is 0.122. The van der Waals surface area contributed by atoms with E-state index in [1.165, 1.54) is 19.2 Å². The number of ether oxygens (including phenoxy) is 2. The van der Waals surface area contributed by atoms with Crippen LogP contribution in [0.15, 0.2) is 23.1 Å². The molecule has 1 fully saturated rings. The third kappa shape index (κ3) is 2.74. The second-order valence-corrected chi connectivity index (χ2v) is 5.30. The van der Waals surface area contributed by atoms with Gasteiger partial charge in [-0.1, -0.05) is 0 Å². The van der Waals surface area contributed by atoms with Crippen LogP contribution in [-0.2, 0) is 14.9 Å². The lowest BCUT2D eigenvalue weighted by Crippen LogP contribution is -2.37. The van der Waals surface area contributed by atoms with E-state index < -0.39 is 10.1 Å². The smallest absolute Gasteiger partial charge is 0.296 e. The average molecular weight is 273 g/mol. The number of morpholine rings is 1. The maximum absolute atomic E-state index is 11.4. The molecule has 2 rings (SSSR count). The van der Waals surface area contributed by atoms with Crippen molar-refractivity contribution in [1.82, 2.24) is 0 Å². The highest BCUT2D eigenvalue weighted by atomic mass is 32.2. The first kappa shape index (κ1) is 13.1. The van der Waals surface area contributed by atoms with Crippen molar-refractivity contribution in [3.05, 3.63) is 18.2 Å². The minimum atomic E-state index is -4.25. The van der Waals surface area contributed by atoms with Gasteiger partial charge in [0.2, 0.25) is 0 Å². The summed E-state index contributed by atoms with van der Waals surface area (Å²) in [7, 11) is -2.74. The quantitative estimate of drug-likeness (QED) is 0.820. The molecule has 0 spiro atoms. The third-order valence-corrected chi connectivity index (χ3v) is 3.70. The fraction of sp³-hybridized carbons (Fsp3) is 0.455. The van der Waals surface area contributed by atoms with E-state index in [9.17, 15) is 13.0 Å². The Morgan fingerprint density at radius 1 is 1.33 bits per heavy atom. The number of methoxy groups -OCH3 is 1. The number of rotatable bonds is 3. The van der Waals surface area contributed by atoms with Crippen LogP contribution >= 0.6 is 0 Å². The monoisotopic (exact) mass is 273 g/mol. The lowest BCUT2D eigenvalue weighted by Gasteiger charge is -2.30. The Hall–Kier alpha value is -1.31. The van der Waals surface area contributed by atoms with Gasteiger partial charge in [0.05, 0.1) is 26.0 Å². The van der Waals surface area contributed by atoms with Crippen molar-refractivity contribution in [2.45, 2.75) is 4.90 Å². The molecule has 100 valence electrons. The molecule has 1 aliphatic heterocycles. The van der Waals surface area contributed by atoms with Gasteiger partial charge in [-0.05, 0) is 12.1 Å². The van der Waals surface area contributed by atoms with Crippen LogP contribution in [0, 0.1) is 0 Å². The minimum absolute atomic E-state index is 0.106. The summed E-state index contributed by atoms with van der Waals surface area (Å²) in [6.45, 7) is 2.22. The molecule has 1 aliphatic rings. The zero-order valence-corrected chi connectivity index (χ0v) is 10.8. The summed E-state index contributed by atoms with van der Waals surface area (Å²) in [5.41, 5.74) is 0.445. The van der Waals surface area contributed by atoms with E-state index in [4.69, 9.17) is 9.47 Å². The van der Waals surface area contributed by atoms with E-state index in [1.807, 2.05) is 4.90 Å². The second kappa shape index (κ2) is 5.13. The van der Waals surface area contributed by atoms with Gasteiger partial charge in [0.25, 0.3) is 10.1 Å². The van der Waals surface area contributed by atoms with Crippen molar-refractivity contribution >= 4 is 15.8 Å². The maximum atomic E-state index is 11.4. The van der Waals surface area contributed by atoms with Crippen LogP contribution in [-0.4, -0.2) is 46.4 Å². The van der Waals surface area contributed by atoms with Crippen molar-refractivity contribution in [2.24, 2.45) is 0 Å². The van der Waals surface area contributed by atoms with Crippen molar-refractivity contribution in [3.8, 4) is 5.75 Å². The normalized spacial score (nSPS) is 16.7. The molecule has 0 atom stereocenters. The van der Waals surface area contributed by atoms with Gasteiger partial charge in [0, 0.05) is 19.2 Å². The van der Waals surface area contributed by atoms with E-state index in [-0.39, 0.29) is 4.90 Å². The summed E-state index contributed by atoms with van der Waals surface area (Å²) in [5.74, 6) is 0.545. The number of benzene rings is 1. The van der Waals surface area contributed by atoms with Gasteiger partial charge in [-0.25, -0.2) is 0 Å². The van der Waals surface area contributed by atoms with Crippen molar-refractivity contribution < 1.29 is 22.4 Å². The van der Waals surface area contributed by atoms with Gasteiger partial charge in [0.15, 0.2) is 0 Å². The molecule has 0 unspecified atom stereocenters. The fourth-order valence-electron chi connectivity index (χ4n) is 1.89. The minimum Gasteiger partial charge on any atom is -0.497 e. The zero-order valence-electron chi connectivity index (χ0n) is 10.00. The Kier molecular flexibility index (Phi) is 3.74. The van der Waals surface area contributed by atoms with Gasteiger partial charge < -0.3 is 14.4 Å². The first-order valence-electron chi connectivity index (χ1n) is 5.50. The van der Waals surface area contributed by atoms with Crippen LogP contribution < -0.4 is 9.64 Å². The first-order valence-corrected chi connectivity index (χ1v) is 6.94. The van der Waals surface area contributed by atoms with E-state index in [1.54, 1.807) is 6.07 Å². The van der Waals surface area contributed by atoms with Crippen LogP contribution in [0.3, 0.4) is 0 Å². The number of nitrogens with zero attached hydrogens (tertiary/aromatic N) is 1. The largest absolute Gasteiger partial charge is 0.497 e. The zero-order chi connectivity index (χ0) is 13.2. The molecule has 7 heteroatoms. The molecule has 6 nitrogen and oxygen atoms in total. The Balaban J connectivity index is 2.46. The maximum Gasteiger partial charge on any atom is 0.296 e. The van der Waals surface area contributed by atoms with Gasteiger partial charge in [0.1, 0.15) is 10.6 Å². The fourth-order valence-corrected chi connectivity index (χ4v) is 2.59. The van der Waals surface area contributed by atoms with Crippen LogP contribution in [0.4, 0.5) is 5.69 Å². The lowest BCUT2D eigenvalue weighted by atomic mass is 10.2. The molecule has 0 radical (unpaired) electrons. The van der Waals surface area contributed by atoms with Crippen molar-refractivity contribution in [1.29, 1.82) is 0 Å². The van der Waals surface area contributed by atoms with Gasteiger partial charge in [-0.15, -0.1) is 0 Å². The van der Waals surface area contributed by atoms with E-state index in [0.717, 1.165) is 0 Å². The second-order valence-electron chi connectivity index (χ2n) is 3.91. The van der Waals surface area contributed by atoms with Crippen LogP contribution in [0.5, 0.6) is 5.75 Å². The number of anilines is 1. The predicted octanol–water partition coefficient (Wildman–Crippen LogP) is 0.778. The predicted molar refractivity (Wildman–Crippen MR) is 65.8 cm³/mol. The summed E-state index contributed by atoms with van der Waals surface area (Å²) < 4.78 is 42.2. The average Bonchev–Trinajstić information content (AvgIpc) is 2.38. The van der Waals surface area contributed by atoms with Crippen molar-refractivity contribution in [2.75, 3.05) is 38.3 Å². The molecule has 1 saturated heterocycles. The molecule has 1 aromatic carbocycles. The Bertz CT molecular complexity index is 522. The molecular weight excluding hydrogens is 258 g/mol. The molecule has 0 amide bonds. The molecule has 0 aliphatic carbocycles. The highest BCUT2D eigenvalue weighted by molar-refractivity contribution is 7.86. The standard InChI is InChI=1S/C11H15NO5S/c1-16-9-2-3-11(18(13,14)15)10(8-9)12-4-6-17-7-5-12/h2-3,8H,4-7H2,1H3,(H,13,14,15). The summed E-state index contributed by atoms with van der Waals surface area (Å²) in [6.07, 6.45) is 0. The summed E-state index contributed by atoms with van der Waals surface area (Å²) in [5, 5.41) is 0. The summed E-state index contributed by atoms with van der Waals surface area (Å²) in [6, 6.07) is 4.46. The van der Waals surface area contributed by atoms with Gasteiger partial charge in [-0.2, -0.15) is 8.42 Å². The highest BCUT2D eigenvalue weighted by Gasteiger charge is 2.22. The number of hydrogen-bond acceptors (Lipinski definition) is 5. The summed E-state index contributed by atoms with van der Waals surface area (Å²) in [4.78, 5) is 1.75. The van der Waals surface area contributed by atoms with Gasteiger partial charge >= 0.3 is 0 Å². The Morgan fingerprint density at radius 2 is 2.00 bits per heavy atom. The SMILES string of the molecule is COc1ccc(S(=O)(=O)O)c(N2CCOCC2)c1. The molecule has 1 aromatic rings. The van der Waals surface area contributed by atoms with Gasteiger partial charge in [-0.3, -0.25) is 4.55 Å². The first-order chi connectivity index (χ1) is 8.52. The highest BCUT2D eigenvalue weighted by Crippen LogP contribution is 2.30. The molecule has 0 saturated carbocycles. The van der Waals surface area contributed by atoms with E-state index in [2.05, 4.69) is 0 Å². The van der Waals surface area contributed by atoms with Crippen LogP contribution in [0.25, 0.3) is 0 Å². The molecule has 1 N–H and O–H groups in total. The third-order valence-electron chi connectivity index (χ3n) is 2.80. The number of hydrogen-bond donors (Lipinski definition) is 1. The molecule has 1 heterocycles. The van der Waals surface area contributed by atoms with Crippen LogP contribution in [0.1, 0.15) is 0 Å². The molecule has 18 heavy (non-hydrogen) atoms. The molecule has 0 aromatic heterocycles. The van der Waals surface area contributed by atoms with Crippen molar-refractivity contribution in [3.63, 3.8) is 0 Å². The van der Waals surface area contributed by atoms with E-state index in [0.29, 0.717) is 37.7 Å². The topological polar surface area (TPSA) is 76.1 Å². The van der Waals surface area contributed by atoms with Crippen LogP contribution in [0.2, 0.25) is 0 Å². The Labute approximate surface area is 106 Å². The Morgan fingerprint density at radius 3 is 2.56 bits per heavy atom. The summed E-state index contributed by atoms with van der Waals surface area (Å²) >= 11 is 0.